The third-order valence-corrected chi connectivity index (χ3v) is 3.66. The Hall–Kier alpha value is -1.20. The first-order valence-electron chi connectivity index (χ1n) is 5.26. The number of rotatable bonds is 2. The van der Waals surface area contributed by atoms with Crippen LogP contribution in [0.4, 0.5) is 5.82 Å². The van der Waals surface area contributed by atoms with Crippen LogP contribution in [0.15, 0.2) is 45.5 Å². The fourth-order valence-electron chi connectivity index (χ4n) is 1.46. The van der Waals surface area contributed by atoms with Crippen LogP contribution in [0.25, 0.3) is 0 Å². The Labute approximate surface area is 122 Å². The van der Waals surface area contributed by atoms with Gasteiger partial charge in [-0.2, -0.15) is 0 Å². The van der Waals surface area contributed by atoms with Crippen molar-refractivity contribution in [3.63, 3.8) is 0 Å². The van der Waals surface area contributed by atoms with Crippen LogP contribution in [0.5, 0.6) is 0 Å². The average Bonchev–Trinajstić information content (AvgIpc) is 2.32. The van der Waals surface area contributed by atoms with Gasteiger partial charge in [0.25, 0.3) is 5.91 Å². The smallest absolute Gasteiger partial charge is 0.257 e. The fourth-order valence-corrected chi connectivity index (χ4v) is 2.48. The van der Waals surface area contributed by atoms with Gasteiger partial charge in [-0.3, -0.25) is 4.79 Å². The molecule has 1 heterocycles. The first-order chi connectivity index (χ1) is 8.58. The maximum Gasteiger partial charge on any atom is 0.257 e. The second-order valence-corrected chi connectivity index (χ2v) is 5.48. The number of carbonyl (C=O) groups is 1. The number of halogens is 2. The number of aryl methyl sites for hydroxylation is 1. The number of pyridine rings is 1. The van der Waals surface area contributed by atoms with E-state index >= 15 is 0 Å². The molecule has 18 heavy (non-hydrogen) atoms. The van der Waals surface area contributed by atoms with Gasteiger partial charge in [-0.1, -0.05) is 6.07 Å². The van der Waals surface area contributed by atoms with E-state index in [0.29, 0.717) is 11.4 Å². The number of amides is 1. The minimum absolute atomic E-state index is 0.193. The van der Waals surface area contributed by atoms with Gasteiger partial charge in [0.05, 0.1) is 10.0 Å². The van der Waals surface area contributed by atoms with Crippen molar-refractivity contribution in [3.8, 4) is 0 Å². The summed E-state index contributed by atoms with van der Waals surface area (Å²) in [6, 6.07) is 9.20. The lowest BCUT2D eigenvalue weighted by Crippen LogP contribution is -2.14. The Bertz CT molecular complexity index is 599. The zero-order chi connectivity index (χ0) is 13.1. The van der Waals surface area contributed by atoms with E-state index in [1.54, 1.807) is 18.3 Å². The molecule has 2 aromatic rings. The third kappa shape index (κ3) is 2.97. The van der Waals surface area contributed by atoms with E-state index in [0.717, 1.165) is 14.5 Å². The Kier molecular flexibility index (Phi) is 4.14. The molecule has 5 heteroatoms. The number of nitrogens with zero attached hydrogens (tertiary/aromatic N) is 1. The summed E-state index contributed by atoms with van der Waals surface area (Å²) in [7, 11) is 0. The minimum atomic E-state index is -0.193. The predicted octanol–water partition coefficient (Wildman–Crippen LogP) is 4.17. The van der Waals surface area contributed by atoms with Crippen molar-refractivity contribution >= 4 is 43.6 Å². The van der Waals surface area contributed by atoms with Crippen LogP contribution in [-0.4, -0.2) is 10.9 Å². The van der Waals surface area contributed by atoms with Gasteiger partial charge in [-0.15, -0.1) is 0 Å². The molecule has 0 unspecified atom stereocenters. The Morgan fingerprint density at radius 3 is 2.67 bits per heavy atom. The van der Waals surface area contributed by atoms with E-state index in [2.05, 4.69) is 42.2 Å². The monoisotopic (exact) mass is 368 g/mol. The summed E-state index contributed by atoms with van der Waals surface area (Å²) < 4.78 is 1.52. The van der Waals surface area contributed by atoms with Gasteiger partial charge in [0.2, 0.25) is 0 Å². The second kappa shape index (κ2) is 5.63. The van der Waals surface area contributed by atoms with Gasteiger partial charge in [-0.05, 0) is 68.6 Å². The van der Waals surface area contributed by atoms with Crippen LogP contribution in [-0.2, 0) is 0 Å². The van der Waals surface area contributed by atoms with Gasteiger partial charge < -0.3 is 5.32 Å². The molecule has 0 saturated heterocycles. The van der Waals surface area contributed by atoms with Crippen LogP contribution in [0.1, 0.15) is 15.9 Å². The third-order valence-electron chi connectivity index (χ3n) is 2.36. The number of hydrogen-bond acceptors (Lipinski definition) is 2. The van der Waals surface area contributed by atoms with Crippen LogP contribution >= 0.6 is 31.9 Å². The number of aromatic nitrogens is 1. The Morgan fingerprint density at radius 1 is 1.22 bits per heavy atom. The molecule has 0 atom stereocenters. The lowest BCUT2D eigenvalue weighted by atomic mass is 10.1. The van der Waals surface area contributed by atoms with Gasteiger partial charge >= 0.3 is 0 Å². The second-order valence-electron chi connectivity index (χ2n) is 3.77. The number of hydrogen-bond donors (Lipinski definition) is 1. The zero-order valence-corrected chi connectivity index (χ0v) is 12.7. The van der Waals surface area contributed by atoms with Crippen LogP contribution < -0.4 is 5.32 Å². The molecule has 0 aliphatic rings. The SMILES string of the molecule is Cc1ccc(C(=O)Nc2ncccc2Br)c(Br)c1. The molecule has 1 N–H and O–H groups in total. The van der Waals surface area contributed by atoms with E-state index in [-0.39, 0.29) is 5.91 Å². The van der Waals surface area contributed by atoms with Crippen molar-refractivity contribution in [1.29, 1.82) is 0 Å². The molecular weight excluding hydrogens is 360 g/mol. The molecular formula is C13H10Br2N2O. The zero-order valence-electron chi connectivity index (χ0n) is 9.58. The highest BCUT2D eigenvalue weighted by Crippen LogP contribution is 2.22. The molecule has 0 aliphatic heterocycles. The van der Waals surface area contributed by atoms with Crippen LogP contribution in [0.3, 0.4) is 0 Å². The molecule has 92 valence electrons. The number of anilines is 1. The number of carbonyl (C=O) groups excluding carboxylic acids is 1. The van der Waals surface area contributed by atoms with Crippen LogP contribution in [0.2, 0.25) is 0 Å². The molecule has 0 aliphatic carbocycles. The predicted molar refractivity (Wildman–Crippen MR) is 78.8 cm³/mol. The van der Waals surface area contributed by atoms with Crippen LogP contribution in [0, 0.1) is 6.92 Å². The Balaban J connectivity index is 2.25. The molecule has 1 aromatic heterocycles. The van der Waals surface area contributed by atoms with E-state index in [1.807, 2.05) is 25.1 Å². The van der Waals surface area contributed by atoms with Gasteiger partial charge in [0, 0.05) is 10.7 Å². The summed E-state index contributed by atoms with van der Waals surface area (Å²) in [4.78, 5) is 16.2. The number of benzene rings is 1. The molecule has 0 fully saturated rings. The molecule has 0 radical (unpaired) electrons. The van der Waals surface area contributed by atoms with E-state index in [1.165, 1.54) is 0 Å². The standard InChI is InChI=1S/C13H10Br2N2O/c1-8-4-5-9(11(15)7-8)13(18)17-12-10(14)3-2-6-16-12/h2-7H,1H3,(H,16,17,18). The van der Waals surface area contributed by atoms with Gasteiger partial charge in [0.1, 0.15) is 5.82 Å². The Morgan fingerprint density at radius 2 is 2.00 bits per heavy atom. The van der Waals surface area contributed by atoms with Gasteiger partial charge in [-0.25, -0.2) is 4.98 Å². The lowest BCUT2D eigenvalue weighted by Gasteiger charge is -2.08. The summed E-state index contributed by atoms with van der Waals surface area (Å²) in [6.45, 7) is 1.97. The van der Waals surface area contributed by atoms with Crippen molar-refractivity contribution in [2.45, 2.75) is 6.92 Å². The van der Waals surface area contributed by atoms with Gasteiger partial charge in [0.15, 0.2) is 0 Å². The van der Waals surface area contributed by atoms with E-state index in [4.69, 9.17) is 0 Å². The normalized spacial score (nSPS) is 10.2. The molecule has 1 aromatic carbocycles. The molecule has 3 nitrogen and oxygen atoms in total. The topological polar surface area (TPSA) is 42.0 Å². The maximum absolute atomic E-state index is 12.1. The highest BCUT2D eigenvalue weighted by Gasteiger charge is 2.12. The highest BCUT2D eigenvalue weighted by atomic mass is 79.9. The first kappa shape index (κ1) is 13.2. The summed E-state index contributed by atoms with van der Waals surface area (Å²) in [5, 5.41) is 2.76. The maximum atomic E-state index is 12.1. The molecule has 2 rings (SSSR count). The summed E-state index contributed by atoms with van der Waals surface area (Å²) in [5.41, 5.74) is 1.68. The first-order valence-corrected chi connectivity index (χ1v) is 6.84. The molecule has 1 amide bonds. The summed E-state index contributed by atoms with van der Waals surface area (Å²) >= 11 is 6.73. The molecule has 0 saturated carbocycles. The lowest BCUT2D eigenvalue weighted by molar-refractivity contribution is 0.102. The van der Waals surface area contributed by atoms with Crippen molar-refractivity contribution in [1.82, 2.24) is 4.98 Å². The number of nitrogens with one attached hydrogen (secondary N) is 1. The van der Waals surface area contributed by atoms with E-state index < -0.39 is 0 Å². The molecule has 0 bridgehead atoms. The molecule has 0 spiro atoms. The van der Waals surface area contributed by atoms with Crippen molar-refractivity contribution in [2.75, 3.05) is 5.32 Å². The average molecular weight is 370 g/mol. The van der Waals surface area contributed by atoms with Crippen molar-refractivity contribution in [2.24, 2.45) is 0 Å². The minimum Gasteiger partial charge on any atom is -0.306 e. The van der Waals surface area contributed by atoms with E-state index in [9.17, 15) is 4.79 Å². The van der Waals surface area contributed by atoms with Crippen molar-refractivity contribution in [3.05, 3.63) is 56.6 Å². The highest BCUT2D eigenvalue weighted by molar-refractivity contribution is 9.11. The summed E-state index contributed by atoms with van der Waals surface area (Å²) in [5.74, 6) is 0.316. The quantitative estimate of drug-likeness (QED) is 0.863. The summed E-state index contributed by atoms with van der Waals surface area (Å²) in [6.07, 6.45) is 1.63. The van der Waals surface area contributed by atoms with Crippen molar-refractivity contribution < 1.29 is 4.79 Å². The fraction of sp³-hybridized carbons (Fsp3) is 0.0769. The largest absolute Gasteiger partial charge is 0.306 e.